The zero-order valence-corrected chi connectivity index (χ0v) is 19.5. The fourth-order valence-corrected chi connectivity index (χ4v) is 4.08. The molecule has 160 valence electrons. The summed E-state index contributed by atoms with van der Waals surface area (Å²) in [6.07, 6.45) is 9.05. The van der Waals surface area contributed by atoms with Crippen molar-refractivity contribution >= 4 is 28.4 Å². The maximum Gasteiger partial charge on any atom is 0.201 e. The van der Waals surface area contributed by atoms with Crippen LogP contribution in [0, 0.1) is 16.5 Å². The molecule has 0 N–H and O–H groups in total. The minimum Gasteiger partial charge on any atom is -0.381 e. The number of Topliss-reactive ketones (excluding diaryl/α,β-unsaturated/α-hetero) is 1. The Hall–Kier alpha value is -2.39. The van der Waals surface area contributed by atoms with Crippen molar-refractivity contribution in [2.24, 2.45) is 5.92 Å². The summed E-state index contributed by atoms with van der Waals surface area (Å²) >= 11 is 2.13. The van der Waals surface area contributed by atoms with Crippen molar-refractivity contribution in [3.8, 4) is 11.3 Å². The van der Waals surface area contributed by atoms with Gasteiger partial charge in [0.25, 0.3) is 0 Å². The van der Waals surface area contributed by atoms with Crippen LogP contribution in [-0.4, -0.2) is 33.5 Å². The standard InChI is InChI=1S/C24H24IN3O3/c1-16-2-4-21(26-11-16)19-14-28(13-17-6-8-31-9-7-17)15-20(24(19)30)22(29)10-18-3-5-23(25)27-12-18/h2-5,11-12,14-15,17H,6-10,13H2,1H3. The Labute approximate surface area is 194 Å². The predicted molar refractivity (Wildman–Crippen MR) is 127 cm³/mol. The number of hydrogen-bond donors (Lipinski definition) is 0. The van der Waals surface area contributed by atoms with Gasteiger partial charge in [-0.3, -0.25) is 19.6 Å². The molecule has 1 aliphatic rings. The highest BCUT2D eigenvalue weighted by atomic mass is 127. The molecule has 0 amide bonds. The van der Waals surface area contributed by atoms with Gasteiger partial charge in [-0.25, -0.2) is 0 Å². The second-order valence-corrected chi connectivity index (χ2v) is 9.08. The van der Waals surface area contributed by atoms with E-state index in [9.17, 15) is 9.59 Å². The molecule has 0 saturated carbocycles. The molecule has 31 heavy (non-hydrogen) atoms. The highest BCUT2D eigenvalue weighted by Crippen LogP contribution is 2.20. The van der Waals surface area contributed by atoms with Gasteiger partial charge in [0.2, 0.25) is 5.43 Å². The molecule has 0 atom stereocenters. The smallest absolute Gasteiger partial charge is 0.201 e. The molecule has 1 fully saturated rings. The third kappa shape index (κ3) is 5.46. The van der Waals surface area contributed by atoms with Gasteiger partial charge in [0.1, 0.15) is 3.70 Å². The van der Waals surface area contributed by atoms with Crippen LogP contribution in [0.5, 0.6) is 0 Å². The van der Waals surface area contributed by atoms with Gasteiger partial charge < -0.3 is 9.30 Å². The Morgan fingerprint density at radius 1 is 1.13 bits per heavy atom. The minimum absolute atomic E-state index is 0.140. The number of hydrogen-bond acceptors (Lipinski definition) is 5. The number of pyridine rings is 3. The van der Waals surface area contributed by atoms with E-state index < -0.39 is 0 Å². The fraction of sp³-hybridized carbons (Fsp3) is 0.333. The molecule has 0 aromatic carbocycles. The van der Waals surface area contributed by atoms with Crippen LogP contribution >= 0.6 is 22.6 Å². The average Bonchev–Trinajstić information content (AvgIpc) is 2.78. The monoisotopic (exact) mass is 529 g/mol. The fourth-order valence-electron chi connectivity index (χ4n) is 3.76. The van der Waals surface area contributed by atoms with E-state index in [1.54, 1.807) is 18.6 Å². The Bertz CT molecular complexity index is 1120. The van der Waals surface area contributed by atoms with Crippen LogP contribution in [0.1, 0.15) is 34.3 Å². The van der Waals surface area contributed by atoms with E-state index in [0.29, 0.717) is 17.2 Å². The van der Waals surface area contributed by atoms with Gasteiger partial charge in [-0.1, -0.05) is 12.1 Å². The summed E-state index contributed by atoms with van der Waals surface area (Å²) in [4.78, 5) is 35.1. The third-order valence-corrected chi connectivity index (χ3v) is 6.17. The lowest BCUT2D eigenvalue weighted by Crippen LogP contribution is -2.25. The van der Waals surface area contributed by atoms with Gasteiger partial charge in [-0.15, -0.1) is 0 Å². The summed E-state index contributed by atoms with van der Waals surface area (Å²) in [5.74, 6) is 0.251. The lowest BCUT2D eigenvalue weighted by molar-refractivity contribution is 0.0612. The van der Waals surface area contributed by atoms with Gasteiger partial charge in [-0.05, 0) is 71.5 Å². The minimum atomic E-state index is -0.275. The van der Waals surface area contributed by atoms with E-state index in [1.165, 1.54) is 0 Å². The Kier molecular flexibility index (Phi) is 6.92. The molecule has 0 bridgehead atoms. The Balaban J connectivity index is 1.71. The highest BCUT2D eigenvalue weighted by molar-refractivity contribution is 14.1. The van der Waals surface area contributed by atoms with Crippen molar-refractivity contribution in [1.82, 2.24) is 14.5 Å². The first-order valence-corrected chi connectivity index (χ1v) is 11.5. The Morgan fingerprint density at radius 3 is 2.61 bits per heavy atom. The lowest BCUT2D eigenvalue weighted by atomic mass is 9.99. The van der Waals surface area contributed by atoms with E-state index >= 15 is 0 Å². The first kappa shape index (κ1) is 21.8. The number of rotatable bonds is 6. The number of aromatic nitrogens is 3. The number of carbonyl (C=O) groups excluding carboxylic acids is 1. The summed E-state index contributed by atoms with van der Waals surface area (Å²) in [5, 5.41) is 0. The van der Waals surface area contributed by atoms with Crippen LogP contribution in [0.15, 0.2) is 53.8 Å². The first-order chi connectivity index (χ1) is 15.0. The molecule has 4 rings (SSSR count). The van der Waals surface area contributed by atoms with Crippen LogP contribution in [0.3, 0.4) is 0 Å². The number of halogens is 1. The van der Waals surface area contributed by atoms with E-state index in [0.717, 1.165) is 47.4 Å². The SMILES string of the molecule is Cc1ccc(-c2cn(CC3CCOCC3)cc(C(=O)Cc3ccc(I)nc3)c2=O)nc1. The average molecular weight is 529 g/mol. The largest absolute Gasteiger partial charge is 0.381 e. The maximum atomic E-state index is 13.3. The van der Waals surface area contributed by atoms with Crippen LogP contribution in [0.4, 0.5) is 0 Å². The quantitative estimate of drug-likeness (QED) is 0.274. The number of aryl methyl sites for hydroxylation is 1. The molecule has 0 aliphatic carbocycles. The number of ether oxygens (including phenoxy) is 1. The van der Waals surface area contributed by atoms with E-state index in [1.807, 2.05) is 42.0 Å². The van der Waals surface area contributed by atoms with Gasteiger partial charge in [0.15, 0.2) is 5.78 Å². The van der Waals surface area contributed by atoms with Crippen LogP contribution < -0.4 is 5.43 Å². The normalized spacial score (nSPS) is 14.5. The zero-order valence-electron chi connectivity index (χ0n) is 17.4. The van der Waals surface area contributed by atoms with E-state index in [-0.39, 0.29) is 23.2 Å². The second-order valence-electron chi connectivity index (χ2n) is 7.98. The lowest BCUT2D eigenvalue weighted by Gasteiger charge is -2.23. The van der Waals surface area contributed by atoms with Crippen LogP contribution in [-0.2, 0) is 17.7 Å². The molecule has 7 heteroatoms. The van der Waals surface area contributed by atoms with Crippen LogP contribution in [0.25, 0.3) is 11.3 Å². The maximum absolute atomic E-state index is 13.3. The molecule has 6 nitrogen and oxygen atoms in total. The second kappa shape index (κ2) is 9.82. The summed E-state index contributed by atoms with van der Waals surface area (Å²) in [6.45, 7) is 4.20. The van der Waals surface area contributed by atoms with E-state index in [4.69, 9.17) is 4.74 Å². The Morgan fingerprint density at radius 2 is 1.94 bits per heavy atom. The topological polar surface area (TPSA) is 74.1 Å². The van der Waals surface area contributed by atoms with Gasteiger partial charge in [0, 0.05) is 51.0 Å². The molecule has 0 unspecified atom stereocenters. The molecule has 3 aromatic heterocycles. The summed E-state index contributed by atoms with van der Waals surface area (Å²) in [7, 11) is 0. The van der Waals surface area contributed by atoms with Crippen molar-refractivity contribution in [3.63, 3.8) is 0 Å². The predicted octanol–water partition coefficient (Wildman–Crippen LogP) is 4.07. The van der Waals surface area contributed by atoms with E-state index in [2.05, 4.69) is 32.6 Å². The molecule has 1 saturated heterocycles. The molecule has 3 aromatic rings. The number of nitrogens with zero attached hydrogens (tertiary/aromatic N) is 3. The molecule has 0 spiro atoms. The van der Waals surface area contributed by atoms with Crippen molar-refractivity contribution in [2.75, 3.05) is 13.2 Å². The summed E-state index contributed by atoms with van der Waals surface area (Å²) < 4.78 is 8.31. The summed E-state index contributed by atoms with van der Waals surface area (Å²) in [6, 6.07) is 7.50. The van der Waals surface area contributed by atoms with Crippen molar-refractivity contribution < 1.29 is 9.53 Å². The molecular weight excluding hydrogens is 505 g/mol. The zero-order chi connectivity index (χ0) is 21.8. The van der Waals surface area contributed by atoms with Gasteiger partial charge in [-0.2, -0.15) is 0 Å². The van der Waals surface area contributed by atoms with Crippen LogP contribution in [0.2, 0.25) is 0 Å². The molecule has 4 heterocycles. The van der Waals surface area contributed by atoms with Crippen molar-refractivity contribution in [1.29, 1.82) is 0 Å². The van der Waals surface area contributed by atoms with Crippen molar-refractivity contribution in [2.45, 2.75) is 32.7 Å². The molecular formula is C24H24IN3O3. The van der Waals surface area contributed by atoms with Gasteiger partial charge >= 0.3 is 0 Å². The highest BCUT2D eigenvalue weighted by Gasteiger charge is 2.20. The van der Waals surface area contributed by atoms with Crippen molar-refractivity contribution in [3.05, 3.63) is 79.7 Å². The van der Waals surface area contributed by atoms with Gasteiger partial charge in [0.05, 0.1) is 16.8 Å². The number of ketones is 1. The number of carbonyl (C=O) groups is 1. The summed E-state index contributed by atoms with van der Waals surface area (Å²) in [5.41, 5.74) is 2.78. The molecule has 0 radical (unpaired) electrons. The third-order valence-electron chi connectivity index (χ3n) is 5.53. The first-order valence-electron chi connectivity index (χ1n) is 10.4. The molecule has 1 aliphatic heterocycles.